The summed E-state index contributed by atoms with van der Waals surface area (Å²) in [5.41, 5.74) is 6.54. The summed E-state index contributed by atoms with van der Waals surface area (Å²) in [6.07, 6.45) is 1.70. The lowest BCUT2D eigenvalue weighted by Crippen LogP contribution is -2.46. The number of benzene rings is 1. The first-order valence-corrected chi connectivity index (χ1v) is 6.95. The third-order valence-electron chi connectivity index (χ3n) is 3.65. The first-order chi connectivity index (χ1) is 9.72. The Morgan fingerprint density at radius 1 is 1.40 bits per heavy atom. The third kappa shape index (κ3) is 3.71. The van der Waals surface area contributed by atoms with Crippen LogP contribution in [0.4, 0.5) is 0 Å². The van der Waals surface area contributed by atoms with Gasteiger partial charge in [-0.05, 0) is 36.9 Å². The highest BCUT2D eigenvalue weighted by Crippen LogP contribution is 2.34. The smallest absolute Gasteiger partial charge is 0.234 e. The van der Waals surface area contributed by atoms with Crippen molar-refractivity contribution < 1.29 is 14.3 Å². The maximum absolute atomic E-state index is 11.3. The van der Waals surface area contributed by atoms with Gasteiger partial charge >= 0.3 is 0 Å². The molecule has 1 heterocycles. The Morgan fingerprint density at radius 2 is 2.20 bits per heavy atom. The van der Waals surface area contributed by atoms with E-state index < -0.39 is 0 Å². The van der Waals surface area contributed by atoms with Crippen molar-refractivity contribution in [3.05, 3.63) is 29.8 Å². The van der Waals surface area contributed by atoms with Crippen LogP contribution in [0, 0.1) is 0 Å². The van der Waals surface area contributed by atoms with Gasteiger partial charge in [0.2, 0.25) is 5.91 Å². The van der Waals surface area contributed by atoms with Crippen LogP contribution in [-0.4, -0.2) is 38.8 Å². The second-order valence-corrected chi connectivity index (χ2v) is 5.01. The number of methoxy groups -OCH3 is 1. The number of carbonyl (C=O) groups excluding carboxylic acids is 1. The highest BCUT2D eigenvalue weighted by Gasteiger charge is 2.27. The number of hydrogen-bond donors (Lipinski definition) is 2. The zero-order valence-electron chi connectivity index (χ0n) is 11.8. The molecule has 0 aromatic heterocycles. The number of nitrogens with one attached hydrogen (secondary N) is 1. The number of rotatable bonds is 6. The van der Waals surface area contributed by atoms with Crippen LogP contribution < -0.4 is 15.8 Å². The molecule has 2 rings (SSSR count). The number of primary amides is 1. The molecule has 110 valence electrons. The van der Waals surface area contributed by atoms with Gasteiger partial charge in [0.1, 0.15) is 12.4 Å². The molecule has 0 aliphatic carbocycles. The predicted octanol–water partition coefficient (Wildman–Crippen LogP) is 1.03. The molecular weight excluding hydrogens is 256 g/mol. The van der Waals surface area contributed by atoms with E-state index in [2.05, 4.69) is 11.4 Å². The zero-order valence-corrected chi connectivity index (χ0v) is 11.8. The molecule has 1 aliphatic rings. The van der Waals surface area contributed by atoms with Gasteiger partial charge < -0.3 is 20.5 Å². The van der Waals surface area contributed by atoms with E-state index in [0.29, 0.717) is 19.1 Å². The van der Waals surface area contributed by atoms with E-state index in [9.17, 15) is 4.79 Å². The van der Waals surface area contributed by atoms with Crippen LogP contribution in [0.2, 0.25) is 0 Å². The Hall–Kier alpha value is -1.59. The van der Waals surface area contributed by atoms with Gasteiger partial charge in [-0.25, -0.2) is 0 Å². The average Bonchev–Trinajstić information content (AvgIpc) is 2.48. The monoisotopic (exact) mass is 278 g/mol. The van der Waals surface area contributed by atoms with E-state index in [1.807, 2.05) is 18.2 Å². The van der Waals surface area contributed by atoms with Crippen LogP contribution in [0.3, 0.4) is 0 Å². The van der Waals surface area contributed by atoms with Crippen LogP contribution in [0.15, 0.2) is 24.3 Å². The van der Waals surface area contributed by atoms with Gasteiger partial charge in [0.05, 0.1) is 12.6 Å². The van der Waals surface area contributed by atoms with Crippen molar-refractivity contribution in [1.82, 2.24) is 5.32 Å². The molecule has 0 saturated carbocycles. The summed E-state index contributed by atoms with van der Waals surface area (Å²) in [7, 11) is 1.65. The number of ether oxygens (including phenoxy) is 2. The Labute approximate surface area is 119 Å². The molecular formula is C15H22N2O3. The van der Waals surface area contributed by atoms with Crippen molar-refractivity contribution in [2.45, 2.75) is 24.8 Å². The van der Waals surface area contributed by atoms with Crippen molar-refractivity contribution in [3.63, 3.8) is 0 Å². The van der Waals surface area contributed by atoms with Crippen molar-refractivity contribution in [3.8, 4) is 5.75 Å². The number of piperidine rings is 1. The topological polar surface area (TPSA) is 73.6 Å². The fraction of sp³-hybridized carbons (Fsp3) is 0.533. The molecule has 0 spiro atoms. The van der Waals surface area contributed by atoms with E-state index >= 15 is 0 Å². The second-order valence-electron chi connectivity index (χ2n) is 5.01. The van der Waals surface area contributed by atoms with E-state index in [0.717, 1.165) is 30.7 Å². The Bertz CT molecular complexity index is 450. The maximum Gasteiger partial charge on any atom is 0.234 e. The van der Waals surface area contributed by atoms with E-state index in [4.69, 9.17) is 15.2 Å². The lowest BCUT2D eigenvalue weighted by molar-refractivity contribution is -0.120. The van der Waals surface area contributed by atoms with Gasteiger partial charge in [-0.2, -0.15) is 0 Å². The first-order valence-electron chi connectivity index (χ1n) is 6.95. The lowest BCUT2D eigenvalue weighted by atomic mass is 9.85. The summed E-state index contributed by atoms with van der Waals surface area (Å²) in [6.45, 7) is 1.88. The number of carbonyl (C=O) groups is 1. The van der Waals surface area contributed by atoms with Gasteiger partial charge in [-0.3, -0.25) is 4.79 Å². The van der Waals surface area contributed by atoms with Gasteiger partial charge in [0, 0.05) is 7.11 Å². The maximum atomic E-state index is 11.3. The van der Waals surface area contributed by atoms with Crippen molar-refractivity contribution in [2.75, 3.05) is 26.9 Å². The number of nitrogens with two attached hydrogens (primary N) is 1. The molecule has 1 saturated heterocycles. The minimum Gasteiger partial charge on any atom is -0.491 e. The molecule has 1 aromatic carbocycles. The molecule has 1 aliphatic heterocycles. The predicted molar refractivity (Wildman–Crippen MR) is 76.8 cm³/mol. The molecule has 1 fully saturated rings. The number of amides is 1. The summed E-state index contributed by atoms with van der Waals surface area (Å²) in [4.78, 5) is 11.3. The Balaban J connectivity index is 2.08. The molecule has 20 heavy (non-hydrogen) atoms. The van der Waals surface area contributed by atoms with Crippen molar-refractivity contribution in [2.24, 2.45) is 5.73 Å². The molecule has 2 atom stereocenters. The van der Waals surface area contributed by atoms with Crippen LogP contribution >= 0.6 is 0 Å². The Kier molecular flexibility index (Phi) is 5.38. The zero-order chi connectivity index (χ0) is 14.4. The molecule has 5 heteroatoms. The van der Waals surface area contributed by atoms with Crippen LogP contribution in [-0.2, 0) is 9.53 Å². The minimum absolute atomic E-state index is 0.249. The largest absolute Gasteiger partial charge is 0.491 e. The van der Waals surface area contributed by atoms with Gasteiger partial charge in [0.25, 0.3) is 0 Å². The quantitative estimate of drug-likeness (QED) is 0.762. The molecule has 3 N–H and O–H groups in total. The van der Waals surface area contributed by atoms with Crippen LogP contribution in [0.5, 0.6) is 5.75 Å². The standard InChI is InChI=1S/C15H22N2O3/c1-19-8-9-20-14-5-3-2-4-12(14)11-6-7-17-13(10-11)15(16)18/h2-5,11,13,17H,6-10H2,1H3,(H2,16,18). The molecule has 0 bridgehead atoms. The molecule has 0 radical (unpaired) electrons. The summed E-state index contributed by atoms with van der Waals surface area (Å²) < 4.78 is 10.8. The van der Waals surface area contributed by atoms with Crippen molar-refractivity contribution >= 4 is 5.91 Å². The average molecular weight is 278 g/mol. The summed E-state index contributed by atoms with van der Waals surface area (Å²) in [6, 6.07) is 7.74. The van der Waals surface area contributed by atoms with E-state index in [-0.39, 0.29) is 11.9 Å². The Morgan fingerprint density at radius 3 is 2.95 bits per heavy atom. The third-order valence-corrected chi connectivity index (χ3v) is 3.65. The highest BCUT2D eigenvalue weighted by atomic mass is 16.5. The second kappa shape index (κ2) is 7.26. The fourth-order valence-electron chi connectivity index (χ4n) is 2.60. The van der Waals surface area contributed by atoms with Gasteiger partial charge in [-0.1, -0.05) is 18.2 Å². The van der Waals surface area contributed by atoms with Gasteiger partial charge in [0.15, 0.2) is 0 Å². The summed E-state index contributed by atoms with van der Waals surface area (Å²) >= 11 is 0. The number of hydrogen-bond acceptors (Lipinski definition) is 4. The van der Waals surface area contributed by atoms with Crippen LogP contribution in [0.1, 0.15) is 24.3 Å². The molecule has 1 amide bonds. The van der Waals surface area contributed by atoms with E-state index in [1.165, 1.54) is 0 Å². The summed E-state index contributed by atoms with van der Waals surface area (Å²) in [5, 5.41) is 3.15. The van der Waals surface area contributed by atoms with Gasteiger partial charge in [-0.15, -0.1) is 0 Å². The van der Waals surface area contributed by atoms with Crippen molar-refractivity contribution in [1.29, 1.82) is 0 Å². The molecule has 1 aromatic rings. The molecule has 2 unspecified atom stereocenters. The number of para-hydroxylation sites is 1. The summed E-state index contributed by atoms with van der Waals surface area (Å²) in [5.74, 6) is 0.889. The highest BCUT2D eigenvalue weighted by molar-refractivity contribution is 5.80. The fourth-order valence-corrected chi connectivity index (χ4v) is 2.60. The minimum atomic E-state index is -0.285. The lowest BCUT2D eigenvalue weighted by Gasteiger charge is -2.29. The normalized spacial score (nSPS) is 22.4. The van der Waals surface area contributed by atoms with Crippen LogP contribution in [0.25, 0.3) is 0 Å². The first kappa shape index (κ1) is 14.8. The SMILES string of the molecule is COCCOc1ccccc1C1CCNC(C(N)=O)C1. The molecule has 5 nitrogen and oxygen atoms in total. The van der Waals surface area contributed by atoms with E-state index in [1.54, 1.807) is 7.11 Å².